The zero-order chi connectivity index (χ0) is 30.2. The molecule has 220 valence electrons. The largest absolute Gasteiger partial charge is 0.467 e. The SMILES string of the molecule is CCC12C(c3ccccc3)=C(c3ccccc3)C([C@H]3C(=O)N(Cc4ccco4)C(=O)[C@H]31)[C@H]1C(=O)N(Cc3ccco3)C(=O)[C@@H]12. The summed E-state index contributed by atoms with van der Waals surface area (Å²) >= 11 is 0. The van der Waals surface area contributed by atoms with E-state index in [1.54, 1.807) is 24.3 Å². The van der Waals surface area contributed by atoms with Crippen molar-refractivity contribution in [2.45, 2.75) is 26.4 Å². The lowest BCUT2D eigenvalue weighted by atomic mass is 9.40. The number of likely N-dealkylation sites (tertiary alicyclic amines) is 2. The van der Waals surface area contributed by atoms with E-state index in [0.29, 0.717) is 17.9 Å². The molecule has 4 heterocycles. The Morgan fingerprint density at radius 3 is 1.50 bits per heavy atom. The van der Waals surface area contributed by atoms with Gasteiger partial charge in [-0.15, -0.1) is 0 Å². The molecule has 3 fully saturated rings. The van der Waals surface area contributed by atoms with Crippen LogP contribution in [0.25, 0.3) is 11.1 Å². The van der Waals surface area contributed by atoms with Crippen LogP contribution in [0.3, 0.4) is 0 Å². The minimum atomic E-state index is -1.11. The summed E-state index contributed by atoms with van der Waals surface area (Å²) in [6.07, 6.45) is 3.43. The number of carbonyl (C=O) groups is 4. The van der Waals surface area contributed by atoms with Crippen molar-refractivity contribution in [2.75, 3.05) is 0 Å². The summed E-state index contributed by atoms with van der Waals surface area (Å²) in [7, 11) is 0. The normalized spacial score (nSPS) is 29.2. The molecule has 6 atom stereocenters. The van der Waals surface area contributed by atoms with Gasteiger partial charge in [-0.2, -0.15) is 0 Å². The number of allylic oxidation sites excluding steroid dienone is 2. The van der Waals surface area contributed by atoms with E-state index in [2.05, 4.69) is 0 Å². The third-order valence-corrected chi connectivity index (χ3v) is 10.4. The van der Waals surface area contributed by atoms with Gasteiger partial charge >= 0.3 is 0 Å². The first kappa shape index (κ1) is 26.6. The fourth-order valence-corrected chi connectivity index (χ4v) is 8.84. The molecule has 0 N–H and O–H groups in total. The van der Waals surface area contributed by atoms with E-state index < -0.39 is 35.0 Å². The Morgan fingerprint density at radius 2 is 1.07 bits per heavy atom. The average Bonchev–Trinajstić information content (AvgIpc) is 3.86. The van der Waals surface area contributed by atoms with Crippen LogP contribution in [0.1, 0.15) is 36.0 Å². The summed E-state index contributed by atoms with van der Waals surface area (Å²) in [6.45, 7) is 1.99. The van der Waals surface area contributed by atoms with Crippen LogP contribution in [0, 0.1) is 35.0 Å². The van der Waals surface area contributed by atoms with Crippen molar-refractivity contribution in [2.24, 2.45) is 35.0 Å². The van der Waals surface area contributed by atoms with Gasteiger partial charge in [0.2, 0.25) is 23.6 Å². The third-order valence-electron chi connectivity index (χ3n) is 10.4. The number of imide groups is 2. The number of furan rings is 2. The van der Waals surface area contributed by atoms with Gasteiger partial charge in [-0.25, -0.2) is 0 Å². The number of nitrogens with zero attached hydrogens (tertiary/aromatic N) is 2. The molecule has 4 aromatic rings. The molecule has 8 heteroatoms. The number of hydrogen-bond acceptors (Lipinski definition) is 6. The van der Waals surface area contributed by atoms with E-state index >= 15 is 0 Å². The third kappa shape index (κ3) is 3.45. The molecule has 44 heavy (non-hydrogen) atoms. The number of hydrogen-bond donors (Lipinski definition) is 0. The lowest BCUT2D eigenvalue weighted by molar-refractivity contribution is -0.146. The lowest BCUT2D eigenvalue weighted by Gasteiger charge is -2.59. The van der Waals surface area contributed by atoms with Crippen LogP contribution in [-0.2, 0) is 32.3 Å². The number of amides is 4. The molecule has 5 aliphatic rings. The predicted molar refractivity (Wildman–Crippen MR) is 158 cm³/mol. The number of rotatable bonds is 7. The van der Waals surface area contributed by atoms with Gasteiger partial charge in [0.15, 0.2) is 0 Å². The highest BCUT2D eigenvalue weighted by Crippen LogP contribution is 2.73. The zero-order valence-electron chi connectivity index (χ0n) is 24.1. The van der Waals surface area contributed by atoms with Gasteiger partial charge in [0.25, 0.3) is 0 Å². The standard InChI is InChI=1S/C36H30N2O6/c1-2-36-29(22-13-7-4-8-14-22)25(21-11-5-3-6-12-21)26(27-30(36)34(41)37(32(27)39)19-23-15-9-17-43-23)28-31(36)35(42)38(33(28)40)20-24-16-10-18-44-24/h3-18,26-28,30-31H,2,19-20H2,1H3/t26?,27-,28-,30-,31+,36?/m1/s1. The predicted octanol–water partition coefficient (Wildman–Crippen LogP) is 5.43. The fraction of sp³-hybridized carbons (Fsp3) is 0.278. The number of benzene rings is 2. The maximum atomic E-state index is 14.6. The summed E-state index contributed by atoms with van der Waals surface area (Å²) in [5.74, 6) is -4.12. The van der Waals surface area contributed by atoms with Crippen LogP contribution in [0.4, 0.5) is 0 Å². The smallest absolute Gasteiger partial charge is 0.234 e. The molecule has 2 unspecified atom stereocenters. The van der Waals surface area contributed by atoms with E-state index in [0.717, 1.165) is 22.3 Å². The van der Waals surface area contributed by atoms with E-state index in [1.807, 2.05) is 67.6 Å². The van der Waals surface area contributed by atoms with Gasteiger partial charge < -0.3 is 8.83 Å². The van der Waals surface area contributed by atoms with Crippen LogP contribution in [0.15, 0.2) is 106 Å². The molecule has 4 amide bonds. The van der Waals surface area contributed by atoms with Crippen molar-refractivity contribution >= 4 is 34.8 Å². The summed E-state index contributed by atoms with van der Waals surface area (Å²) in [5, 5.41) is 0. The Labute approximate surface area is 253 Å². The fourth-order valence-electron chi connectivity index (χ4n) is 8.84. The Hall–Kier alpha value is -4.98. The first-order chi connectivity index (χ1) is 21.5. The van der Waals surface area contributed by atoms with Gasteiger partial charge in [0.05, 0.1) is 49.3 Å². The Bertz CT molecular complexity index is 1730. The van der Waals surface area contributed by atoms with Crippen LogP contribution < -0.4 is 0 Å². The Morgan fingerprint density at radius 1 is 0.591 bits per heavy atom. The highest BCUT2D eigenvalue weighted by Gasteiger charge is 2.77. The number of carbonyl (C=O) groups excluding carboxylic acids is 4. The summed E-state index contributed by atoms with van der Waals surface area (Å²) in [4.78, 5) is 60.7. The monoisotopic (exact) mass is 586 g/mol. The van der Waals surface area contributed by atoms with Gasteiger partial charge in [-0.05, 0) is 53.0 Å². The molecule has 8 nitrogen and oxygen atoms in total. The second-order valence-corrected chi connectivity index (χ2v) is 12.1. The second-order valence-electron chi connectivity index (χ2n) is 12.1. The maximum Gasteiger partial charge on any atom is 0.234 e. The first-order valence-electron chi connectivity index (χ1n) is 15.1. The van der Waals surface area contributed by atoms with E-state index in [1.165, 1.54) is 22.3 Å². The van der Waals surface area contributed by atoms with E-state index in [9.17, 15) is 19.2 Å². The van der Waals surface area contributed by atoms with Crippen LogP contribution >= 0.6 is 0 Å². The molecule has 2 saturated heterocycles. The molecule has 9 rings (SSSR count). The summed E-state index contributed by atoms with van der Waals surface area (Å²) in [5.41, 5.74) is 2.45. The summed E-state index contributed by atoms with van der Waals surface area (Å²) in [6, 6.07) is 26.6. The molecule has 2 aromatic carbocycles. The first-order valence-corrected chi connectivity index (χ1v) is 15.1. The zero-order valence-corrected chi connectivity index (χ0v) is 24.1. The van der Waals surface area contributed by atoms with Crippen molar-refractivity contribution in [3.05, 3.63) is 120 Å². The quantitative estimate of drug-likeness (QED) is 0.268. The van der Waals surface area contributed by atoms with Crippen molar-refractivity contribution in [3.8, 4) is 0 Å². The molecule has 2 bridgehead atoms. The molecule has 0 radical (unpaired) electrons. The molecular formula is C36H30N2O6. The van der Waals surface area contributed by atoms with Gasteiger partial charge in [-0.1, -0.05) is 67.6 Å². The van der Waals surface area contributed by atoms with Crippen LogP contribution in [0.2, 0.25) is 0 Å². The highest BCUT2D eigenvalue weighted by atomic mass is 16.3. The van der Waals surface area contributed by atoms with Gasteiger partial charge in [0, 0.05) is 11.3 Å². The summed E-state index contributed by atoms with van der Waals surface area (Å²) < 4.78 is 11.1. The van der Waals surface area contributed by atoms with Gasteiger partial charge in [0.1, 0.15) is 11.5 Å². The lowest BCUT2D eigenvalue weighted by Crippen LogP contribution is -2.60. The average molecular weight is 587 g/mol. The Kier molecular flexibility index (Phi) is 5.92. The molecule has 0 spiro atoms. The minimum Gasteiger partial charge on any atom is -0.467 e. The van der Waals surface area contributed by atoms with Crippen LogP contribution in [0.5, 0.6) is 0 Å². The molecule has 2 aromatic heterocycles. The minimum absolute atomic E-state index is 0.00731. The second kappa shape index (κ2) is 9.77. The molecule has 2 aliphatic heterocycles. The van der Waals surface area contributed by atoms with Crippen molar-refractivity contribution in [1.82, 2.24) is 9.80 Å². The molecule has 1 saturated carbocycles. The Balaban J connectivity index is 1.39. The van der Waals surface area contributed by atoms with Crippen LogP contribution in [-0.4, -0.2) is 33.4 Å². The highest BCUT2D eigenvalue weighted by molar-refractivity contribution is 6.17. The molecule has 3 aliphatic carbocycles. The van der Waals surface area contributed by atoms with Crippen molar-refractivity contribution < 1.29 is 28.0 Å². The molecular weight excluding hydrogens is 556 g/mol. The van der Waals surface area contributed by atoms with Crippen molar-refractivity contribution in [3.63, 3.8) is 0 Å². The van der Waals surface area contributed by atoms with E-state index in [4.69, 9.17) is 8.83 Å². The van der Waals surface area contributed by atoms with Gasteiger partial charge in [-0.3, -0.25) is 29.0 Å². The maximum absolute atomic E-state index is 14.6. The van der Waals surface area contributed by atoms with E-state index in [-0.39, 0.29) is 36.7 Å². The topological polar surface area (TPSA) is 101 Å². The van der Waals surface area contributed by atoms with Crippen molar-refractivity contribution in [1.29, 1.82) is 0 Å².